The van der Waals surface area contributed by atoms with Crippen LogP contribution < -0.4 is 0 Å². The van der Waals surface area contributed by atoms with Crippen LogP contribution >= 0.6 is 0 Å². The van der Waals surface area contributed by atoms with E-state index in [2.05, 4.69) is 6.92 Å². The number of rotatable bonds is 19. The molecule has 0 saturated heterocycles. The molecule has 140 valence electrons. The summed E-state index contributed by atoms with van der Waals surface area (Å²) in [5.41, 5.74) is 0. The van der Waals surface area contributed by atoms with Gasteiger partial charge in [0.25, 0.3) is 0 Å². The number of hydrogen-bond donors (Lipinski definition) is 0. The van der Waals surface area contributed by atoms with Crippen LogP contribution in [0, 0.1) is 0 Å². The van der Waals surface area contributed by atoms with Gasteiger partial charge in [0.1, 0.15) is 0 Å². The van der Waals surface area contributed by atoms with E-state index in [0.29, 0.717) is 6.42 Å². The molecule has 2 heteroatoms. The van der Waals surface area contributed by atoms with Gasteiger partial charge in [0.05, 0.1) is 0 Å². The second kappa shape index (κ2) is 24.4. The minimum absolute atomic E-state index is 0. The van der Waals surface area contributed by atoms with Gasteiger partial charge in [-0.25, -0.2) is 0 Å². The zero-order chi connectivity index (χ0) is 16.1. The van der Waals surface area contributed by atoms with Crippen molar-refractivity contribution in [2.45, 2.75) is 129 Å². The Morgan fingerprint density at radius 1 is 0.478 bits per heavy atom. The average Bonchev–Trinajstić information content (AvgIpc) is 2.54. The molecule has 23 heavy (non-hydrogen) atoms. The summed E-state index contributed by atoms with van der Waals surface area (Å²) in [7, 11) is 0. The van der Waals surface area contributed by atoms with Crippen molar-refractivity contribution in [1.82, 2.24) is 0 Å². The summed E-state index contributed by atoms with van der Waals surface area (Å²) < 4.78 is 0. The maximum absolute atomic E-state index is 10.1. The van der Waals surface area contributed by atoms with Crippen LogP contribution in [0.15, 0.2) is 0 Å². The molecule has 0 aromatic carbocycles. The summed E-state index contributed by atoms with van der Waals surface area (Å²) in [5, 5.41) is 0. The second-order valence-electron chi connectivity index (χ2n) is 6.90. The van der Waals surface area contributed by atoms with E-state index in [1.54, 1.807) is 0 Å². The van der Waals surface area contributed by atoms with Crippen molar-refractivity contribution in [2.75, 3.05) is 0 Å². The first-order valence-electron chi connectivity index (χ1n) is 10.3. The average molecular weight is 365 g/mol. The molecule has 0 unspecified atom stereocenters. The molecule has 0 spiro atoms. The first kappa shape index (κ1) is 25.4. The Balaban J connectivity index is 0. The Labute approximate surface area is 157 Å². The van der Waals surface area contributed by atoms with Crippen molar-refractivity contribution in [3.8, 4) is 0 Å². The molecular weight excluding hydrogens is 324 g/mol. The molecule has 0 rings (SSSR count). The fourth-order valence-electron chi connectivity index (χ4n) is 3.10. The monoisotopic (exact) mass is 365 g/mol. The van der Waals surface area contributed by atoms with Crippen molar-refractivity contribution in [1.29, 1.82) is 0 Å². The van der Waals surface area contributed by atoms with Crippen molar-refractivity contribution in [2.24, 2.45) is 0 Å². The maximum atomic E-state index is 10.1. The summed E-state index contributed by atoms with van der Waals surface area (Å²) in [6.45, 7) is 2.29. The number of hydrogen-bond acceptors (Lipinski definition) is 1. The van der Waals surface area contributed by atoms with E-state index in [1.807, 2.05) is 6.29 Å². The number of carbonyl (C=O) groups excluding carboxylic acids is 1. The number of unbranched alkanes of at least 4 members (excludes halogenated alkanes) is 18. The summed E-state index contributed by atoms with van der Waals surface area (Å²) >= 11 is 0. The molecule has 0 aromatic heterocycles. The zero-order valence-electron chi connectivity index (χ0n) is 15.7. The normalized spacial score (nSPS) is 10.5. The molecule has 0 bridgehead atoms. The quantitative estimate of drug-likeness (QED) is 0.131. The van der Waals surface area contributed by atoms with Gasteiger partial charge in [0.2, 0.25) is 0 Å². The van der Waals surface area contributed by atoms with E-state index in [9.17, 15) is 4.79 Å². The molecule has 0 radical (unpaired) electrons. The van der Waals surface area contributed by atoms with Gasteiger partial charge in [-0.05, 0) is 0 Å². The van der Waals surface area contributed by atoms with Crippen LogP contribution in [0.4, 0.5) is 0 Å². The molecule has 0 N–H and O–H groups in total. The smallest absolute Gasteiger partial charge is 0 e. The SMILES string of the molecule is CCCCCCCCCCCCCCCCCCCC[C-]=O.[Fe]. The van der Waals surface area contributed by atoms with Gasteiger partial charge in [-0.1, -0.05) is 122 Å². The molecule has 0 aromatic rings. The Hall–Kier alpha value is 0.189. The minimum atomic E-state index is 0. The molecule has 0 aliphatic rings. The van der Waals surface area contributed by atoms with Crippen LogP contribution in [0.5, 0.6) is 0 Å². The molecule has 0 saturated carbocycles. The first-order valence-corrected chi connectivity index (χ1v) is 10.3. The molecule has 0 fully saturated rings. The third-order valence-electron chi connectivity index (χ3n) is 4.63. The van der Waals surface area contributed by atoms with Crippen molar-refractivity contribution >= 4 is 6.29 Å². The predicted molar refractivity (Wildman–Crippen MR) is 99.1 cm³/mol. The van der Waals surface area contributed by atoms with Crippen LogP contribution in [-0.2, 0) is 21.9 Å². The van der Waals surface area contributed by atoms with E-state index in [4.69, 9.17) is 0 Å². The van der Waals surface area contributed by atoms with Crippen molar-refractivity contribution in [3.63, 3.8) is 0 Å². The minimum Gasteiger partial charge on any atom is -0.542 e. The molecule has 0 atom stereocenters. The van der Waals surface area contributed by atoms with Crippen LogP contribution in [0.3, 0.4) is 0 Å². The maximum Gasteiger partial charge on any atom is 0 e. The largest absolute Gasteiger partial charge is 0.542 e. The van der Waals surface area contributed by atoms with E-state index in [-0.39, 0.29) is 17.1 Å². The fourth-order valence-corrected chi connectivity index (χ4v) is 3.10. The van der Waals surface area contributed by atoms with Gasteiger partial charge in [-0.2, -0.15) is 6.42 Å². The van der Waals surface area contributed by atoms with Crippen molar-refractivity contribution in [3.05, 3.63) is 0 Å². The molecule has 0 amide bonds. The third kappa shape index (κ3) is 24.6. The Bertz CT molecular complexity index is 206. The first-order chi connectivity index (χ1) is 10.9. The van der Waals surface area contributed by atoms with Gasteiger partial charge in [0.15, 0.2) is 0 Å². The van der Waals surface area contributed by atoms with E-state index < -0.39 is 0 Å². The zero-order valence-corrected chi connectivity index (χ0v) is 16.8. The van der Waals surface area contributed by atoms with Gasteiger partial charge in [-0.15, -0.1) is 0 Å². The molecule has 1 nitrogen and oxygen atoms in total. The van der Waals surface area contributed by atoms with E-state index in [1.165, 1.54) is 109 Å². The topological polar surface area (TPSA) is 17.1 Å². The van der Waals surface area contributed by atoms with Crippen LogP contribution in [0.1, 0.15) is 129 Å². The van der Waals surface area contributed by atoms with Gasteiger partial charge < -0.3 is 4.79 Å². The fraction of sp³-hybridized carbons (Fsp3) is 0.952. The summed E-state index contributed by atoms with van der Waals surface area (Å²) in [5.74, 6) is 0. The molecule has 0 aliphatic carbocycles. The van der Waals surface area contributed by atoms with Crippen LogP contribution in [-0.4, -0.2) is 6.29 Å². The second-order valence-corrected chi connectivity index (χ2v) is 6.90. The predicted octanol–water partition coefficient (Wildman–Crippen LogP) is 7.53. The van der Waals surface area contributed by atoms with Gasteiger partial charge in [-0.3, -0.25) is 6.29 Å². The Kier molecular flexibility index (Phi) is 27.0. The van der Waals surface area contributed by atoms with Gasteiger partial charge in [0, 0.05) is 17.1 Å². The summed E-state index contributed by atoms with van der Waals surface area (Å²) in [6, 6.07) is 0. The van der Waals surface area contributed by atoms with E-state index >= 15 is 0 Å². The molecular formula is C21H41FeO-. The standard InChI is InChI=1S/C21H41O.Fe/c1-2-3-4-5-6-7-8-9-10-11-12-13-14-15-16-17-18-19-20-21-22;/h2-20H2,1H3;/q-1;. The Morgan fingerprint density at radius 3 is 1.00 bits per heavy atom. The van der Waals surface area contributed by atoms with Gasteiger partial charge >= 0.3 is 0 Å². The third-order valence-corrected chi connectivity index (χ3v) is 4.63. The van der Waals surface area contributed by atoms with E-state index in [0.717, 1.165) is 6.42 Å². The Morgan fingerprint density at radius 2 is 0.739 bits per heavy atom. The van der Waals surface area contributed by atoms with Crippen molar-refractivity contribution < 1.29 is 21.9 Å². The molecule has 0 aliphatic heterocycles. The van der Waals surface area contributed by atoms with Crippen LogP contribution in [0.25, 0.3) is 0 Å². The molecule has 0 heterocycles. The summed E-state index contributed by atoms with van der Waals surface area (Å²) in [6.07, 6.45) is 27.7. The van der Waals surface area contributed by atoms with Crippen LogP contribution in [0.2, 0.25) is 0 Å². The summed E-state index contributed by atoms with van der Waals surface area (Å²) in [4.78, 5) is 10.1.